The lowest BCUT2D eigenvalue weighted by molar-refractivity contribution is 0.372. The van der Waals surface area contributed by atoms with Crippen LogP contribution in [0.3, 0.4) is 0 Å². The van der Waals surface area contributed by atoms with Gasteiger partial charge in [0.1, 0.15) is 0 Å². The Morgan fingerprint density at radius 2 is 1.83 bits per heavy atom. The standard InChI is InChI=1S/C6H16N6/c1-8-5(4-11-12-7)6(9-2)10-3/h5-6,8-10H,4H2,1-3H3. The number of nitrogens with one attached hydrogen (secondary N) is 3. The molecule has 0 saturated carbocycles. The molecule has 0 bridgehead atoms. The summed E-state index contributed by atoms with van der Waals surface area (Å²) in [5.41, 5.74) is 8.13. The molecule has 0 rings (SSSR count). The third-order valence-corrected chi connectivity index (χ3v) is 1.74. The predicted molar refractivity (Wildman–Crippen MR) is 48.8 cm³/mol. The van der Waals surface area contributed by atoms with E-state index in [2.05, 4.69) is 26.0 Å². The van der Waals surface area contributed by atoms with Crippen LogP contribution in [0.1, 0.15) is 0 Å². The van der Waals surface area contributed by atoms with E-state index in [9.17, 15) is 0 Å². The van der Waals surface area contributed by atoms with E-state index in [1.807, 2.05) is 21.1 Å². The lowest BCUT2D eigenvalue weighted by Crippen LogP contribution is -2.54. The Labute approximate surface area is 72.3 Å². The molecule has 0 aliphatic heterocycles. The Hall–Kier alpha value is -0.810. The van der Waals surface area contributed by atoms with Crippen LogP contribution in [-0.2, 0) is 0 Å². The monoisotopic (exact) mass is 172 g/mol. The van der Waals surface area contributed by atoms with Crippen molar-refractivity contribution >= 4 is 0 Å². The van der Waals surface area contributed by atoms with E-state index < -0.39 is 0 Å². The predicted octanol–water partition coefficient (Wildman–Crippen LogP) is -0.350. The molecule has 0 aromatic rings. The summed E-state index contributed by atoms with van der Waals surface area (Å²) in [6, 6.07) is 0.107. The molecule has 1 unspecified atom stereocenters. The molecule has 0 aromatic heterocycles. The highest BCUT2D eigenvalue weighted by Gasteiger charge is 2.14. The maximum Gasteiger partial charge on any atom is 0.0726 e. The second kappa shape index (κ2) is 6.87. The first-order chi connectivity index (χ1) is 5.79. The summed E-state index contributed by atoms with van der Waals surface area (Å²) in [5, 5.41) is 12.7. The maximum absolute atomic E-state index is 8.13. The molecule has 0 fully saturated rings. The fourth-order valence-corrected chi connectivity index (χ4v) is 1.03. The van der Waals surface area contributed by atoms with E-state index in [0.717, 1.165) is 0 Å². The van der Waals surface area contributed by atoms with Gasteiger partial charge in [0.25, 0.3) is 0 Å². The number of rotatable bonds is 6. The second-order valence-electron chi connectivity index (χ2n) is 2.36. The number of hydrogen-bond acceptors (Lipinski definition) is 4. The molecule has 0 aromatic carbocycles. The normalized spacial score (nSPS) is 12.7. The number of hydrogen-bond donors (Lipinski definition) is 3. The average Bonchev–Trinajstić information content (AvgIpc) is 2.12. The summed E-state index contributed by atoms with van der Waals surface area (Å²) in [6.45, 7) is 0.430. The Morgan fingerprint density at radius 1 is 1.25 bits per heavy atom. The van der Waals surface area contributed by atoms with Gasteiger partial charge in [-0.05, 0) is 26.7 Å². The minimum atomic E-state index is 0.107. The Kier molecular flexibility index (Phi) is 6.41. The van der Waals surface area contributed by atoms with Crippen LogP contribution in [0.5, 0.6) is 0 Å². The Balaban J connectivity index is 4.00. The van der Waals surface area contributed by atoms with Crippen molar-refractivity contribution in [3.63, 3.8) is 0 Å². The average molecular weight is 172 g/mol. The van der Waals surface area contributed by atoms with Crippen molar-refractivity contribution < 1.29 is 0 Å². The first-order valence-corrected chi connectivity index (χ1v) is 3.82. The summed E-state index contributed by atoms with van der Waals surface area (Å²) >= 11 is 0. The topological polar surface area (TPSA) is 84.9 Å². The van der Waals surface area contributed by atoms with Gasteiger partial charge in [0, 0.05) is 17.5 Å². The zero-order chi connectivity index (χ0) is 9.40. The van der Waals surface area contributed by atoms with Crippen LogP contribution in [-0.4, -0.2) is 39.9 Å². The van der Waals surface area contributed by atoms with Gasteiger partial charge in [0.15, 0.2) is 0 Å². The van der Waals surface area contributed by atoms with Crippen LogP contribution in [0.2, 0.25) is 0 Å². The van der Waals surface area contributed by atoms with Crippen LogP contribution >= 0.6 is 0 Å². The smallest absolute Gasteiger partial charge is 0.0726 e. The molecule has 0 aliphatic rings. The van der Waals surface area contributed by atoms with E-state index in [4.69, 9.17) is 5.53 Å². The lowest BCUT2D eigenvalue weighted by atomic mass is 10.2. The molecule has 6 nitrogen and oxygen atoms in total. The molecule has 0 radical (unpaired) electrons. The first kappa shape index (κ1) is 11.2. The van der Waals surface area contributed by atoms with Gasteiger partial charge in [-0.25, -0.2) is 0 Å². The highest BCUT2D eigenvalue weighted by atomic mass is 15.2. The van der Waals surface area contributed by atoms with Gasteiger partial charge in [-0.2, -0.15) is 0 Å². The highest BCUT2D eigenvalue weighted by molar-refractivity contribution is 4.79. The van der Waals surface area contributed by atoms with Gasteiger partial charge in [0.2, 0.25) is 0 Å². The van der Waals surface area contributed by atoms with E-state index in [1.165, 1.54) is 0 Å². The number of likely N-dealkylation sites (N-methyl/N-ethyl adjacent to an activating group) is 3. The number of azide groups is 1. The molecule has 3 N–H and O–H groups in total. The van der Waals surface area contributed by atoms with Crippen molar-refractivity contribution in [2.24, 2.45) is 5.11 Å². The number of nitrogens with zero attached hydrogens (tertiary/aromatic N) is 3. The van der Waals surface area contributed by atoms with Crippen molar-refractivity contribution in [1.82, 2.24) is 16.0 Å². The zero-order valence-electron chi connectivity index (χ0n) is 7.70. The van der Waals surface area contributed by atoms with Crippen LogP contribution in [0.25, 0.3) is 10.4 Å². The minimum absolute atomic E-state index is 0.107. The van der Waals surface area contributed by atoms with Crippen LogP contribution < -0.4 is 16.0 Å². The van der Waals surface area contributed by atoms with Crippen molar-refractivity contribution in [2.45, 2.75) is 12.2 Å². The van der Waals surface area contributed by atoms with Crippen LogP contribution in [0.4, 0.5) is 0 Å². The first-order valence-electron chi connectivity index (χ1n) is 3.82. The van der Waals surface area contributed by atoms with E-state index in [1.54, 1.807) is 0 Å². The Bertz CT molecular complexity index is 148. The Morgan fingerprint density at radius 3 is 2.17 bits per heavy atom. The summed E-state index contributed by atoms with van der Waals surface area (Å²) in [4.78, 5) is 2.70. The van der Waals surface area contributed by atoms with Crippen LogP contribution in [0.15, 0.2) is 5.11 Å². The minimum Gasteiger partial charge on any atom is -0.314 e. The SMILES string of the molecule is CNC(CN=[N+]=[N-])C(NC)NC. The van der Waals surface area contributed by atoms with Crippen molar-refractivity contribution in [3.05, 3.63) is 10.4 Å². The summed E-state index contributed by atoms with van der Waals surface area (Å²) < 4.78 is 0. The lowest BCUT2D eigenvalue weighted by Gasteiger charge is -2.24. The van der Waals surface area contributed by atoms with Gasteiger partial charge >= 0.3 is 0 Å². The maximum atomic E-state index is 8.13. The molecule has 6 heteroatoms. The molecule has 0 heterocycles. The fourth-order valence-electron chi connectivity index (χ4n) is 1.03. The molecule has 0 spiro atoms. The second-order valence-corrected chi connectivity index (χ2v) is 2.36. The molecule has 0 aliphatic carbocycles. The fraction of sp³-hybridized carbons (Fsp3) is 1.00. The molecular weight excluding hydrogens is 156 g/mol. The molecule has 12 heavy (non-hydrogen) atoms. The van der Waals surface area contributed by atoms with Gasteiger partial charge in [-0.3, -0.25) is 0 Å². The third kappa shape index (κ3) is 3.54. The van der Waals surface area contributed by atoms with Gasteiger partial charge in [-0.15, -0.1) is 0 Å². The molecule has 0 amide bonds. The summed E-state index contributed by atoms with van der Waals surface area (Å²) in [6.07, 6.45) is 0.112. The molecule has 0 saturated heterocycles. The molecule has 70 valence electrons. The quantitative estimate of drug-likeness (QED) is 0.221. The van der Waals surface area contributed by atoms with E-state index in [-0.39, 0.29) is 12.2 Å². The highest BCUT2D eigenvalue weighted by Crippen LogP contribution is 1.89. The van der Waals surface area contributed by atoms with Gasteiger partial charge < -0.3 is 16.0 Å². The third-order valence-electron chi connectivity index (χ3n) is 1.74. The molecular formula is C6H16N6. The summed E-state index contributed by atoms with van der Waals surface area (Å²) in [7, 11) is 5.53. The largest absolute Gasteiger partial charge is 0.314 e. The van der Waals surface area contributed by atoms with Crippen LogP contribution in [0, 0.1) is 0 Å². The van der Waals surface area contributed by atoms with Gasteiger partial charge in [0.05, 0.1) is 6.17 Å². The van der Waals surface area contributed by atoms with E-state index >= 15 is 0 Å². The zero-order valence-corrected chi connectivity index (χ0v) is 7.70. The van der Waals surface area contributed by atoms with Crippen molar-refractivity contribution in [3.8, 4) is 0 Å². The van der Waals surface area contributed by atoms with E-state index in [0.29, 0.717) is 6.54 Å². The van der Waals surface area contributed by atoms with Gasteiger partial charge in [-0.1, -0.05) is 5.11 Å². The van der Waals surface area contributed by atoms with Crippen molar-refractivity contribution in [1.29, 1.82) is 0 Å². The molecule has 1 atom stereocenters. The van der Waals surface area contributed by atoms with Crippen molar-refractivity contribution in [2.75, 3.05) is 27.7 Å². The summed E-state index contributed by atoms with van der Waals surface area (Å²) in [5.74, 6) is 0.